The van der Waals surface area contributed by atoms with Crippen molar-refractivity contribution < 1.29 is 9.59 Å². The molecule has 2 aliphatic carbocycles. The number of rotatable bonds is 2. The Balaban J connectivity index is 1.62. The molecule has 1 heterocycles. The van der Waals surface area contributed by atoms with Gasteiger partial charge >= 0.3 is 0 Å². The molecule has 0 aromatic heterocycles. The zero-order valence-corrected chi connectivity index (χ0v) is 16.5. The van der Waals surface area contributed by atoms with Crippen LogP contribution in [0.2, 0.25) is 0 Å². The zero-order valence-electron chi connectivity index (χ0n) is 16.5. The highest BCUT2D eigenvalue weighted by Gasteiger charge is 2.55. The Morgan fingerprint density at radius 1 is 0.963 bits per heavy atom. The number of fused-ring (bicyclic) bond motifs is 1. The van der Waals surface area contributed by atoms with Gasteiger partial charge in [0.15, 0.2) is 0 Å². The fraction of sp³-hybridized carbons (Fsp3) is 0.652. The number of hydrogen-bond donors (Lipinski definition) is 0. The van der Waals surface area contributed by atoms with E-state index < -0.39 is 0 Å². The predicted octanol–water partition coefficient (Wildman–Crippen LogP) is 3.75. The quantitative estimate of drug-likeness (QED) is 0.798. The average molecular weight is 369 g/mol. The topological polar surface area (TPSA) is 40.6 Å². The van der Waals surface area contributed by atoms with E-state index in [1.165, 1.54) is 0 Å². The van der Waals surface area contributed by atoms with Gasteiger partial charge in [-0.15, -0.1) is 0 Å². The van der Waals surface area contributed by atoms with E-state index in [9.17, 15) is 9.59 Å². The normalized spacial score (nSPS) is 28.4. The largest absolute Gasteiger partial charge is 0.345 e. The van der Waals surface area contributed by atoms with E-state index in [0.29, 0.717) is 0 Å². The maximum atomic E-state index is 13.8. The van der Waals surface area contributed by atoms with Crippen LogP contribution in [-0.2, 0) is 15.0 Å². The van der Waals surface area contributed by atoms with Crippen LogP contribution < -0.4 is 0 Å². The van der Waals surface area contributed by atoms with Crippen molar-refractivity contribution in [3.05, 3.63) is 35.9 Å². The fourth-order valence-electron chi connectivity index (χ4n) is 5.18. The number of nitrogens with zero attached hydrogens (tertiary/aromatic N) is 2. The molecule has 4 nitrogen and oxygen atoms in total. The van der Waals surface area contributed by atoms with E-state index in [1.54, 1.807) is 0 Å². The van der Waals surface area contributed by atoms with E-state index >= 15 is 0 Å². The highest BCUT2D eigenvalue weighted by atomic mass is 16.2. The summed E-state index contributed by atoms with van der Waals surface area (Å²) in [6.45, 7) is 1.66. The Bertz CT molecular complexity index is 683. The second-order valence-corrected chi connectivity index (χ2v) is 8.73. The van der Waals surface area contributed by atoms with Gasteiger partial charge < -0.3 is 9.80 Å². The molecular weight excluding hydrogens is 336 g/mol. The number of carbonyl (C=O) groups is 2. The van der Waals surface area contributed by atoms with Gasteiger partial charge in [-0.3, -0.25) is 9.59 Å². The predicted molar refractivity (Wildman–Crippen MR) is 106 cm³/mol. The first-order valence-electron chi connectivity index (χ1n) is 10.7. The molecule has 3 aliphatic rings. The Kier molecular flexibility index (Phi) is 5.25. The van der Waals surface area contributed by atoms with E-state index in [0.717, 1.165) is 76.4 Å². The molecule has 27 heavy (non-hydrogen) atoms. The first-order chi connectivity index (χ1) is 13.1. The second kappa shape index (κ2) is 7.65. The molecule has 2 unspecified atom stereocenters. The lowest BCUT2D eigenvalue weighted by molar-refractivity contribution is -0.141. The van der Waals surface area contributed by atoms with Crippen LogP contribution in [0.15, 0.2) is 30.3 Å². The van der Waals surface area contributed by atoms with Crippen LogP contribution in [0.5, 0.6) is 0 Å². The summed E-state index contributed by atoms with van der Waals surface area (Å²) in [4.78, 5) is 30.9. The number of carbonyl (C=O) groups excluding carboxylic acids is 2. The highest BCUT2D eigenvalue weighted by molar-refractivity contribution is 5.92. The van der Waals surface area contributed by atoms with Crippen molar-refractivity contribution in [3.8, 4) is 0 Å². The van der Waals surface area contributed by atoms with Gasteiger partial charge in [0.25, 0.3) is 0 Å². The number of benzene rings is 1. The fourth-order valence-corrected chi connectivity index (χ4v) is 5.18. The van der Waals surface area contributed by atoms with Gasteiger partial charge in [-0.05, 0) is 44.1 Å². The first kappa shape index (κ1) is 18.5. The third kappa shape index (κ3) is 3.51. The minimum atomic E-state index is -0.330. The van der Waals surface area contributed by atoms with E-state index in [-0.39, 0.29) is 29.2 Å². The molecule has 4 rings (SSSR count). The third-order valence-corrected chi connectivity index (χ3v) is 6.96. The molecule has 0 bridgehead atoms. The smallest absolute Gasteiger partial charge is 0.233 e. The monoisotopic (exact) mass is 368 g/mol. The van der Waals surface area contributed by atoms with Crippen molar-refractivity contribution in [2.24, 2.45) is 5.92 Å². The lowest BCUT2D eigenvalue weighted by atomic mass is 9.91. The molecule has 0 radical (unpaired) electrons. The Labute approximate surface area is 162 Å². The maximum Gasteiger partial charge on any atom is 0.233 e. The van der Waals surface area contributed by atoms with E-state index in [2.05, 4.69) is 17.0 Å². The molecule has 2 amide bonds. The Morgan fingerprint density at radius 3 is 2.37 bits per heavy atom. The SMILES string of the molecule is CN1CCCCCCN(C(=O)C2(c3ccccc3)CC2)C2CCCC2C1=O. The average Bonchev–Trinajstić information content (AvgIpc) is 3.38. The molecule has 0 N–H and O–H groups in total. The Morgan fingerprint density at radius 2 is 1.67 bits per heavy atom. The molecule has 1 saturated heterocycles. The van der Waals surface area contributed by atoms with E-state index in [1.807, 2.05) is 30.1 Å². The van der Waals surface area contributed by atoms with Gasteiger partial charge in [0.2, 0.25) is 11.8 Å². The van der Waals surface area contributed by atoms with Crippen molar-refractivity contribution >= 4 is 11.8 Å². The van der Waals surface area contributed by atoms with Crippen molar-refractivity contribution in [3.63, 3.8) is 0 Å². The van der Waals surface area contributed by atoms with Crippen molar-refractivity contribution in [2.75, 3.05) is 20.1 Å². The van der Waals surface area contributed by atoms with Crippen LogP contribution in [0, 0.1) is 5.92 Å². The van der Waals surface area contributed by atoms with E-state index in [4.69, 9.17) is 0 Å². The summed E-state index contributed by atoms with van der Waals surface area (Å²) in [6, 6.07) is 10.4. The van der Waals surface area contributed by atoms with Gasteiger partial charge in [0.05, 0.1) is 11.3 Å². The van der Waals surface area contributed by atoms with Crippen LogP contribution in [-0.4, -0.2) is 47.8 Å². The third-order valence-electron chi connectivity index (χ3n) is 6.96. The summed E-state index contributed by atoms with van der Waals surface area (Å²) in [7, 11) is 1.94. The maximum absolute atomic E-state index is 13.8. The molecule has 4 heteroatoms. The summed E-state index contributed by atoms with van der Waals surface area (Å²) in [6.07, 6.45) is 9.24. The van der Waals surface area contributed by atoms with Gasteiger partial charge in [-0.2, -0.15) is 0 Å². The summed E-state index contributed by atoms with van der Waals surface area (Å²) >= 11 is 0. The van der Waals surface area contributed by atoms with Crippen LogP contribution in [0.3, 0.4) is 0 Å². The number of amides is 2. The van der Waals surface area contributed by atoms with Gasteiger partial charge in [0.1, 0.15) is 0 Å². The molecule has 1 aliphatic heterocycles. The minimum absolute atomic E-state index is 0.0105. The second-order valence-electron chi connectivity index (χ2n) is 8.73. The summed E-state index contributed by atoms with van der Waals surface area (Å²) < 4.78 is 0. The molecule has 0 spiro atoms. The molecule has 146 valence electrons. The van der Waals surface area contributed by atoms with Gasteiger partial charge in [0, 0.05) is 26.2 Å². The molecule has 1 aromatic rings. The van der Waals surface area contributed by atoms with Gasteiger partial charge in [-0.25, -0.2) is 0 Å². The molecule has 1 aromatic carbocycles. The highest BCUT2D eigenvalue weighted by Crippen LogP contribution is 2.50. The summed E-state index contributed by atoms with van der Waals surface area (Å²) in [5.41, 5.74) is 0.825. The number of hydrogen-bond acceptors (Lipinski definition) is 2. The van der Waals surface area contributed by atoms with Crippen LogP contribution in [0.4, 0.5) is 0 Å². The molecular formula is C23H32N2O2. The van der Waals surface area contributed by atoms with Crippen molar-refractivity contribution in [2.45, 2.75) is 69.2 Å². The lowest BCUT2D eigenvalue weighted by Crippen LogP contribution is -2.50. The molecule has 2 saturated carbocycles. The van der Waals surface area contributed by atoms with Crippen LogP contribution in [0.1, 0.15) is 63.4 Å². The van der Waals surface area contributed by atoms with Gasteiger partial charge in [-0.1, -0.05) is 49.6 Å². The zero-order chi connectivity index (χ0) is 18.9. The van der Waals surface area contributed by atoms with Crippen LogP contribution in [0.25, 0.3) is 0 Å². The minimum Gasteiger partial charge on any atom is -0.345 e. The first-order valence-corrected chi connectivity index (χ1v) is 10.7. The lowest BCUT2D eigenvalue weighted by Gasteiger charge is -2.36. The molecule has 2 atom stereocenters. The van der Waals surface area contributed by atoms with Crippen LogP contribution >= 0.6 is 0 Å². The van der Waals surface area contributed by atoms with Crippen molar-refractivity contribution in [1.82, 2.24) is 9.80 Å². The molecule has 3 fully saturated rings. The van der Waals surface area contributed by atoms with Crippen molar-refractivity contribution in [1.29, 1.82) is 0 Å². The standard InChI is InChI=1S/C23H32N2O2/c1-24-16-7-2-3-8-17-25(20-13-9-12-19(20)21(24)26)22(27)23(14-15-23)18-10-5-4-6-11-18/h4-6,10-11,19-20H,2-3,7-9,12-17H2,1H3. The Hall–Kier alpha value is -1.84. The summed E-state index contributed by atoms with van der Waals surface area (Å²) in [5, 5.41) is 0. The summed E-state index contributed by atoms with van der Waals surface area (Å²) in [5.74, 6) is 0.519.